The third-order valence-corrected chi connectivity index (χ3v) is 4.86. The monoisotopic (exact) mass is 296 g/mol. The van der Waals surface area contributed by atoms with E-state index in [0.717, 1.165) is 32.2 Å². The molecule has 5 heteroatoms. The van der Waals surface area contributed by atoms with Gasteiger partial charge in [0.15, 0.2) is 0 Å². The molecular weight excluding hydrogens is 268 g/mol. The van der Waals surface area contributed by atoms with Crippen molar-refractivity contribution in [3.8, 4) is 0 Å². The van der Waals surface area contributed by atoms with E-state index >= 15 is 0 Å². The maximum atomic E-state index is 12.0. The molecular formula is C16H28N2O3. The molecule has 21 heavy (non-hydrogen) atoms. The van der Waals surface area contributed by atoms with Crippen molar-refractivity contribution in [3.05, 3.63) is 0 Å². The molecule has 2 aliphatic rings. The van der Waals surface area contributed by atoms with Gasteiger partial charge < -0.3 is 10.4 Å². The topological polar surface area (TPSA) is 69.6 Å². The first-order chi connectivity index (χ1) is 10.0. The Labute approximate surface area is 127 Å². The molecule has 120 valence electrons. The van der Waals surface area contributed by atoms with Crippen LogP contribution in [0.4, 0.5) is 0 Å². The number of carboxylic acids is 1. The molecule has 0 bridgehead atoms. The summed E-state index contributed by atoms with van der Waals surface area (Å²) in [6, 6.07) is 0.562. The van der Waals surface area contributed by atoms with E-state index < -0.39 is 5.97 Å². The molecule has 0 saturated heterocycles. The predicted molar refractivity (Wildman–Crippen MR) is 81.0 cm³/mol. The summed E-state index contributed by atoms with van der Waals surface area (Å²) in [7, 11) is 0. The molecule has 2 N–H and O–H groups in total. The molecule has 2 aliphatic carbocycles. The van der Waals surface area contributed by atoms with Gasteiger partial charge in [0.25, 0.3) is 0 Å². The number of carbonyl (C=O) groups excluding carboxylic acids is 1. The van der Waals surface area contributed by atoms with Crippen molar-refractivity contribution in [2.24, 2.45) is 11.8 Å². The minimum absolute atomic E-state index is 0.116. The number of hydrogen-bond donors (Lipinski definition) is 2. The minimum atomic E-state index is -0.750. The van der Waals surface area contributed by atoms with Crippen molar-refractivity contribution >= 4 is 11.9 Å². The van der Waals surface area contributed by atoms with Crippen LogP contribution < -0.4 is 5.32 Å². The highest BCUT2D eigenvalue weighted by Crippen LogP contribution is 2.33. The van der Waals surface area contributed by atoms with E-state index in [4.69, 9.17) is 5.11 Å². The zero-order valence-corrected chi connectivity index (χ0v) is 13.2. The molecule has 0 aromatic rings. The number of nitrogens with zero attached hydrogens (tertiary/aromatic N) is 1. The van der Waals surface area contributed by atoms with Crippen LogP contribution in [-0.2, 0) is 9.59 Å². The number of carboxylic acid groups (broad SMARTS) is 1. The molecule has 0 radical (unpaired) electrons. The van der Waals surface area contributed by atoms with Crippen molar-refractivity contribution in [1.82, 2.24) is 10.2 Å². The number of carbonyl (C=O) groups is 2. The molecule has 0 spiro atoms. The average Bonchev–Trinajstić information content (AvgIpc) is 3.17. The fourth-order valence-electron chi connectivity index (χ4n) is 3.13. The Hall–Kier alpha value is -1.10. The fraction of sp³-hybridized carbons (Fsp3) is 0.875. The van der Waals surface area contributed by atoms with E-state index in [1.54, 1.807) is 0 Å². The first-order valence-electron chi connectivity index (χ1n) is 8.29. The molecule has 0 heterocycles. The zero-order valence-electron chi connectivity index (χ0n) is 13.2. The first-order valence-corrected chi connectivity index (χ1v) is 8.29. The SMILES string of the molecule is CCC(CC)C(=O)NC1CC(N(CC(=O)O)CC2CC2)C1. The average molecular weight is 296 g/mol. The van der Waals surface area contributed by atoms with Gasteiger partial charge in [-0.15, -0.1) is 0 Å². The van der Waals surface area contributed by atoms with Crippen LogP contribution in [0.2, 0.25) is 0 Å². The largest absolute Gasteiger partial charge is 0.480 e. The second kappa shape index (κ2) is 7.25. The van der Waals surface area contributed by atoms with Gasteiger partial charge in [0.05, 0.1) is 6.54 Å². The Morgan fingerprint density at radius 1 is 1.24 bits per heavy atom. The van der Waals surface area contributed by atoms with Gasteiger partial charge in [-0.1, -0.05) is 13.8 Å². The Morgan fingerprint density at radius 3 is 2.33 bits per heavy atom. The summed E-state index contributed by atoms with van der Waals surface area (Å²) in [4.78, 5) is 25.1. The van der Waals surface area contributed by atoms with Crippen molar-refractivity contribution < 1.29 is 14.7 Å². The summed E-state index contributed by atoms with van der Waals surface area (Å²) >= 11 is 0. The standard InChI is InChI=1S/C16H28N2O3/c1-3-12(4-2)16(21)17-13-7-14(8-13)18(10-15(19)20)9-11-5-6-11/h11-14H,3-10H2,1-2H3,(H,17,21)(H,19,20). The summed E-state index contributed by atoms with van der Waals surface area (Å²) < 4.78 is 0. The van der Waals surface area contributed by atoms with E-state index in [9.17, 15) is 9.59 Å². The van der Waals surface area contributed by atoms with Crippen LogP contribution in [0, 0.1) is 11.8 Å². The first kappa shape index (κ1) is 16.3. The quantitative estimate of drug-likeness (QED) is 0.681. The van der Waals surface area contributed by atoms with E-state index in [0.29, 0.717) is 12.0 Å². The van der Waals surface area contributed by atoms with Crippen molar-refractivity contribution in [2.45, 2.75) is 64.5 Å². The minimum Gasteiger partial charge on any atom is -0.480 e. The maximum absolute atomic E-state index is 12.0. The molecule has 0 aliphatic heterocycles. The van der Waals surface area contributed by atoms with Crippen LogP contribution >= 0.6 is 0 Å². The summed E-state index contributed by atoms with van der Waals surface area (Å²) in [5, 5.41) is 12.1. The smallest absolute Gasteiger partial charge is 0.317 e. The van der Waals surface area contributed by atoms with Gasteiger partial charge in [0.2, 0.25) is 5.91 Å². The van der Waals surface area contributed by atoms with Crippen LogP contribution in [0.5, 0.6) is 0 Å². The van der Waals surface area contributed by atoms with Crippen molar-refractivity contribution in [2.75, 3.05) is 13.1 Å². The van der Waals surface area contributed by atoms with Gasteiger partial charge in [-0.3, -0.25) is 14.5 Å². The Kier molecular flexibility index (Phi) is 5.62. The third-order valence-electron chi connectivity index (χ3n) is 4.86. The molecule has 0 atom stereocenters. The zero-order chi connectivity index (χ0) is 15.4. The highest BCUT2D eigenvalue weighted by atomic mass is 16.4. The van der Waals surface area contributed by atoms with Gasteiger partial charge in [-0.05, 0) is 44.4 Å². The predicted octanol–water partition coefficient (Wildman–Crippen LogP) is 1.87. The highest BCUT2D eigenvalue weighted by molar-refractivity contribution is 5.79. The van der Waals surface area contributed by atoms with E-state index in [2.05, 4.69) is 10.2 Å². The number of nitrogens with one attached hydrogen (secondary N) is 1. The van der Waals surface area contributed by atoms with Gasteiger partial charge in [-0.2, -0.15) is 0 Å². The Balaban J connectivity index is 1.75. The van der Waals surface area contributed by atoms with Crippen molar-refractivity contribution in [1.29, 1.82) is 0 Å². The lowest BCUT2D eigenvalue weighted by atomic mass is 9.84. The fourth-order valence-corrected chi connectivity index (χ4v) is 3.13. The van der Waals surface area contributed by atoms with Gasteiger partial charge >= 0.3 is 5.97 Å². The van der Waals surface area contributed by atoms with Gasteiger partial charge in [0.1, 0.15) is 0 Å². The Bertz CT molecular complexity index is 372. The van der Waals surface area contributed by atoms with E-state index in [1.807, 2.05) is 13.8 Å². The van der Waals surface area contributed by atoms with Gasteiger partial charge in [-0.25, -0.2) is 0 Å². The lowest BCUT2D eigenvalue weighted by molar-refractivity contribution is -0.140. The molecule has 2 rings (SSSR count). The number of rotatable bonds is 9. The lowest BCUT2D eigenvalue weighted by Crippen LogP contribution is -2.56. The molecule has 0 unspecified atom stereocenters. The molecule has 5 nitrogen and oxygen atoms in total. The normalized spacial score (nSPS) is 25.0. The number of amides is 1. The Morgan fingerprint density at radius 2 is 1.86 bits per heavy atom. The van der Waals surface area contributed by atoms with Crippen LogP contribution in [0.15, 0.2) is 0 Å². The summed E-state index contributed by atoms with van der Waals surface area (Å²) in [5.74, 6) is 0.226. The van der Waals surface area contributed by atoms with E-state index in [1.165, 1.54) is 12.8 Å². The van der Waals surface area contributed by atoms with Crippen LogP contribution in [-0.4, -0.2) is 47.1 Å². The number of hydrogen-bond acceptors (Lipinski definition) is 3. The molecule has 1 amide bonds. The number of aliphatic carboxylic acids is 1. The van der Waals surface area contributed by atoms with Crippen LogP contribution in [0.3, 0.4) is 0 Å². The summed E-state index contributed by atoms with van der Waals surface area (Å²) in [6.45, 7) is 5.13. The summed E-state index contributed by atoms with van der Waals surface area (Å²) in [5.41, 5.74) is 0. The second-order valence-electron chi connectivity index (χ2n) is 6.61. The van der Waals surface area contributed by atoms with Gasteiger partial charge in [0, 0.05) is 24.5 Å². The van der Waals surface area contributed by atoms with E-state index in [-0.39, 0.29) is 24.4 Å². The summed E-state index contributed by atoms with van der Waals surface area (Å²) in [6.07, 6.45) is 6.02. The second-order valence-corrected chi connectivity index (χ2v) is 6.61. The third kappa shape index (κ3) is 4.70. The van der Waals surface area contributed by atoms with Crippen molar-refractivity contribution in [3.63, 3.8) is 0 Å². The lowest BCUT2D eigenvalue weighted by Gasteiger charge is -2.43. The molecule has 0 aromatic carbocycles. The highest BCUT2D eigenvalue weighted by Gasteiger charge is 2.38. The van der Waals surface area contributed by atoms with Crippen LogP contribution in [0.1, 0.15) is 52.4 Å². The molecule has 2 saturated carbocycles. The maximum Gasteiger partial charge on any atom is 0.317 e. The van der Waals surface area contributed by atoms with Crippen LogP contribution in [0.25, 0.3) is 0 Å². The molecule has 2 fully saturated rings. The molecule has 0 aromatic heterocycles.